The van der Waals surface area contributed by atoms with Gasteiger partial charge >= 0.3 is 0 Å². The molecule has 2 aromatic carbocycles. The number of unbranched alkanes of at least 4 members (excludes halogenated alkanes) is 1. The highest BCUT2D eigenvalue weighted by molar-refractivity contribution is 5.94. The molecule has 0 bridgehead atoms. The smallest absolute Gasteiger partial charge is 0.251 e. The van der Waals surface area contributed by atoms with Gasteiger partial charge in [0.25, 0.3) is 5.91 Å². The van der Waals surface area contributed by atoms with E-state index in [1.54, 1.807) is 7.11 Å². The molecule has 0 saturated heterocycles. The molecule has 0 atom stereocenters. The highest BCUT2D eigenvalue weighted by atomic mass is 16.7. The van der Waals surface area contributed by atoms with Gasteiger partial charge in [-0.05, 0) is 49.6 Å². The van der Waals surface area contributed by atoms with Crippen LogP contribution in [0.3, 0.4) is 0 Å². The van der Waals surface area contributed by atoms with Gasteiger partial charge in [-0.3, -0.25) is 14.5 Å². The number of methoxy groups -OCH3 is 1. The monoisotopic (exact) mass is 420 g/mol. The van der Waals surface area contributed by atoms with Crippen molar-refractivity contribution in [2.45, 2.75) is 38.8 Å². The van der Waals surface area contributed by atoms with E-state index in [1.807, 2.05) is 30.3 Å². The lowest BCUT2D eigenvalue weighted by Gasteiger charge is -2.29. The Morgan fingerprint density at radius 3 is 2.84 bits per heavy atom. The number of fused-ring (bicyclic) bond motifs is 4. The maximum Gasteiger partial charge on any atom is 0.251 e. The van der Waals surface area contributed by atoms with E-state index in [1.165, 1.54) is 10.6 Å². The first-order valence-corrected chi connectivity index (χ1v) is 11.0. The van der Waals surface area contributed by atoms with E-state index in [9.17, 15) is 4.79 Å². The molecule has 31 heavy (non-hydrogen) atoms. The summed E-state index contributed by atoms with van der Waals surface area (Å²) in [5, 5.41) is 1.50. The zero-order valence-corrected chi connectivity index (χ0v) is 17.9. The van der Waals surface area contributed by atoms with Gasteiger partial charge in [-0.2, -0.15) is 5.06 Å². The molecule has 162 valence electrons. The van der Waals surface area contributed by atoms with E-state index in [-0.39, 0.29) is 5.91 Å². The van der Waals surface area contributed by atoms with Crippen LogP contribution in [0.1, 0.15) is 30.7 Å². The Balaban J connectivity index is 1.13. The van der Waals surface area contributed by atoms with Crippen LogP contribution in [0.4, 0.5) is 5.69 Å². The van der Waals surface area contributed by atoms with E-state index in [4.69, 9.17) is 14.6 Å². The average Bonchev–Trinajstić information content (AvgIpc) is 3.18. The molecule has 5 rings (SSSR count). The maximum absolute atomic E-state index is 12.3. The molecule has 7 nitrogen and oxygen atoms in total. The molecule has 1 amide bonds. The summed E-state index contributed by atoms with van der Waals surface area (Å²) >= 11 is 0. The number of amides is 1. The number of para-hydroxylation sites is 2. The second-order valence-corrected chi connectivity index (χ2v) is 8.14. The van der Waals surface area contributed by atoms with Crippen molar-refractivity contribution in [1.29, 1.82) is 0 Å². The average molecular weight is 421 g/mol. The number of aryl methyl sites for hydroxylation is 1. The van der Waals surface area contributed by atoms with Crippen LogP contribution in [-0.2, 0) is 29.1 Å². The summed E-state index contributed by atoms with van der Waals surface area (Å²) in [6.07, 6.45) is 3.23. The van der Waals surface area contributed by atoms with E-state index in [0.717, 1.165) is 73.7 Å². The molecular formula is C24H28N4O3. The molecule has 1 aromatic heterocycles. The number of anilines is 1. The number of carbonyl (C=O) groups excluding carboxylic acids is 1. The standard InChI is InChI=1S/C24H28N4O3/c1-30-21-10-6-9-20-24(21)25-22-17-26(14-15-27(20)22)13-4-5-16-31-28-19-8-3-2-7-18(19)11-12-23(28)29/h2-3,6-10H,4-5,11-17H2,1H3. The second kappa shape index (κ2) is 8.69. The van der Waals surface area contributed by atoms with E-state index in [2.05, 4.69) is 21.6 Å². The zero-order valence-electron chi connectivity index (χ0n) is 17.9. The lowest BCUT2D eigenvalue weighted by atomic mass is 10.0. The Morgan fingerprint density at radius 1 is 1.03 bits per heavy atom. The molecule has 3 aromatic rings. The third kappa shape index (κ3) is 3.91. The van der Waals surface area contributed by atoms with Crippen LogP contribution in [-0.4, -0.2) is 47.2 Å². The van der Waals surface area contributed by atoms with Crippen LogP contribution >= 0.6 is 0 Å². The van der Waals surface area contributed by atoms with Crippen molar-refractivity contribution >= 4 is 22.6 Å². The Hall–Kier alpha value is -2.90. The Labute approximate surface area is 182 Å². The van der Waals surface area contributed by atoms with Crippen molar-refractivity contribution in [1.82, 2.24) is 14.5 Å². The summed E-state index contributed by atoms with van der Waals surface area (Å²) in [7, 11) is 1.69. The van der Waals surface area contributed by atoms with Crippen LogP contribution in [0, 0.1) is 0 Å². The normalized spacial score (nSPS) is 16.4. The molecule has 0 fully saturated rings. The Morgan fingerprint density at radius 2 is 1.94 bits per heavy atom. The van der Waals surface area contributed by atoms with Gasteiger partial charge < -0.3 is 9.30 Å². The second-order valence-electron chi connectivity index (χ2n) is 8.14. The number of rotatable bonds is 7. The largest absolute Gasteiger partial charge is 0.494 e. The molecule has 2 aliphatic heterocycles. The van der Waals surface area contributed by atoms with Crippen LogP contribution < -0.4 is 9.80 Å². The first-order valence-electron chi connectivity index (χ1n) is 11.0. The van der Waals surface area contributed by atoms with Gasteiger partial charge in [-0.15, -0.1) is 0 Å². The Bertz CT molecular complexity index is 1090. The quantitative estimate of drug-likeness (QED) is 0.547. The molecular weight excluding hydrogens is 392 g/mol. The van der Waals surface area contributed by atoms with Crippen LogP contribution in [0.2, 0.25) is 0 Å². The number of benzene rings is 2. The first kappa shape index (κ1) is 20.0. The van der Waals surface area contributed by atoms with Crippen molar-refractivity contribution in [2.75, 3.05) is 31.9 Å². The molecule has 0 unspecified atom stereocenters. The van der Waals surface area contributed by atoms with Gasteiger partial charge in [0.15, 0.2) is 0 Å². The highest BCUT2D eigenvalue weighted by Crippen LogP contribution is 2.29. The predicted octanol–water partition coefficient (Wildman–Crippen LogP) is 3.55. The van der Waals surface area contributed by atoms with Gasteiger partial charge in [-0.1, -0.05) is 24.3 Å². The summed E-state index contributed by atoms with van der Waals surface area (Å²) in [6.45, 7) is 4.33. The third-order valence-corrected chi connectivity index (χ3v) is 6.18. The number of hydrogen-bond acceptors (Lipinski definition) is 5. The molecule has 0 spiro atoms. The summed E-state index contributed by atoms with van der Waals surface area (Å²) in [5.41, 5.74) is 4.16. The van der Waals surface area contributed by atoms with E-state index >= 15 is 0 Å². The predicted molar refractivity (Wildman–Crippen MR) is 119 cm³/mol. The zero-order chi connectivity index (χ0) is 21.2. The molecule has 0 aliphatic carbocycles. The summed E-state index contributed by atoms with van der Waals surface area (Å²) in [6, 6.07) is 14.1. The summed E-state index contributed by atoms with van der Waals surface area (Å²) < 4.78 is 7.77. The number of nitrogens with zero attached hydrogens (tertiary/aromatic N) is 4. The number of carbonyl (C=O) groups is 1. The van der Waals surface area contributed by atoms with Gasteiger partial charge in [0.05, 0.1) is 31.5 Å². The van der Waals surface area contributed by atoms with Crippen molar-refractivity contribution in [3.63, 3.8) is 0 Å². The van der Waals surface area contributed by atoms with Gasteiger partial charge in [0.2, 0.25) is 0 Å². The third-order valence-electron chi connectivity index (χ3n) is 6.18. The fourth-order valence-corrected chi connectivity index (χ4v) is 4.55. The minimum atomic E-state index is 0.0454. The highest BCUT2D eigenvalue weighted by Gasteiger charge is 2.25. The van der Waals surface area contributed by atoms with Crippen molar-refractivity contribution in [2.24, 2.45) is 0 Å². The minimum absolute atomic E-state index is 0.0454. The molecule has 7 heteroatoms. The SMILES string of the molecule is COc1cccc2c1nc1n2CCN(CCCCON2C(=O)CCc3ccccc32)C1. The number of hydroxylamine groups is 1. The van der Waals surface area contributed by atoms with Gasteiger partial charge in [-0.25, -0.2) is 4.98 Å². The lowest BCUT2D eigenvalue weighted by molar-refractivity contribution is -0.126. The first-order chi connectivity index (χ1) is 15.2. The molecule has 0 saturated carbocycles. The Kier molecular flexibility index (Phi) is 5.61. The minimum Gasteiger partial charge on any atom is -0.494 e. The maximum atomic E-state index is 12.3. The number of imidazole rings is 1. The molecule has 2 aliphatic rings. The summed E-state index contributed by atoms with van der Waals surface area (Å²) in [4.78, 5) is 25.4. The summed E-state index contributed by atoms with van der Waals surface area (Å²) in [5.74, 6) is 1.97. The number of hydrogen-bond donors (Lipinski definition) is 0. The van der Waals surface area contributed by atoms with Gasteiger partial charge in [0.1, 0.15) is 17.1 Å². The van der Waals surface area contributed by atoms with Crippen molar-refractivity contribution < 1.29 is 14.4 Å². The van der Waals surface area contributed by atoms with Crippen molar-refractivity contribution in [3.8, 4) is 5.75 Å². The fourth-order valence-electron chi connectivity index (χ4n) is 4.55. The molecule has 0 N–H and O–H groups in total. The lowest BCUT2D eigenvalue weighted by Crippen LogP contribution is -2.36. The molecule has 0 radical (unpaired) electrons. The number of ether oxygens (including phenoxy) is 1. The van der Waals surface area contributed by atoms with Crippen LogP contribution in [0.15, 0.2) is 42.5 Å². The van der Waals surface area contributed by atoms with Crippen molar-refractivity contribution in [3.05, 3.63) is 53.9 Å². The number of aromatic nitrogens is 2. The molecule has 3 heterocycles. The van der Waals surface area contributed by atoms with E-state index < -0.39 is 0 Å². The van der Waals surface area contributed by atoms with Crippen LogP contribution in [0.25, 0.3) is 11.0 Å². The topological polar surface area (TPSA) is 59.8 Å². The van der Waals surface area contributed by atoms with E-state index in [0.29, 0.717) is 13.0 Å². The van der Waals surface area contributed by atoms with Gasteiger partial charge in [0, 0.05) is 19.5 Å². The van der Waals surface area contributed by atoms with Crippen LogP contribution in [0.5, 0.6) is 5.75 Å². The fraction of sp³-hybridized carbons (Fsp3) is 0.417.